The third-order valence-electron chi connectivity index (χ3n) is 1.41. The number of halogens is 3. The molecule has 0 bridgehead atoms. The highest BCUT2D eigenvalue weighted by molar-refractivity contribution is 9.10. The van der Waals surface area contributed by atoms with Crippen molar-refractivity contribution >= 4 is 27.3 Å². The van der Waals surface area contributed by atoms with Gasteiger partial charge in [-0.2, -0.15) is 0 Å². The average Bonchev–Trinajstić information content (AvgIpc) is 2.35. The van der Waals surface area contributed by atoms with Gasteiger partial charge in [-0.15, -0.1) is 11.3 Å². The van der Waals surface area contributed by atoms with Crippen LogP contribution in [0.3, 0.4) is 0 Å². The van der Waals surface area contributed by atoms with E-state index in [1.54, 1.807) is 11.4 Å². The van der Waals surface area contributed by atoms with E-state index in [0.29, 0.717) is 4.47 Å². The highest BCUT2D eigenvalue weighted by atomic mass is 79.9. The van der Waals surface area contributed by atoms with Crippen LogP contribution < -0.4 is 5.73 Å². The molecule has 1 aromatic rings. The summed E-state index contributed by atoms with van der Waals surface area (Å²) in [6, 6.07) is 1.62. The van der Waals surface area contributed by atoms with Crippen LogP contribution in [0.5, 0.6) is 0 Å². The second-order valence-electron chi connectivity index (χ2n) is 2.34. The molecule has 12 heavy (non-hydrogen) atoms. The third-order valence-corrected chi connectivity index (χ3v) is 3.36. The van der Waals surface area contributed by atoms with Gasteiger partial charge in [-0.1, -0.05) is 0 Å². The molecule has 0 aromatic carbocycles. The van der Waals surface area contributed by atoms with Gasteiger partial charge in [0, 0.05) is 10.9 Å². The topological polar surface area (TPSA) is 26.0 Å². The fourth-order valence-electron chi connectivity index (χ4n) is 0.850. The van der Waals surface area contributed by atoms with Gasteiger partial charge in [-0.25, -0.2) is 8.78 Å². The Balaban J connectivity index is 2.88. The van der Waals surface area contributed by atoms with Crippen molar-refractivity contribution in [1.82, 2.24) is 0 Å². The van der Waals surface area contributed by atoms with E-state index in [9.17, 15) is 8.78 Å². The normalized spacial score (nSPS) is 12.0. The molecule has 0 radical (unpaired) electrons. The van der Waals surface area contributed by atoms with Gasteiger partial charge < -0.3 is 5.73 Å². The number of nitrogens with two attached hydrogens (primary N) is 1. The van der Waals surface area contributed by atoms with Gasteiger partial charge in [0.1, 0.15) is 0 Å². The van der Waals surface area contributed by atoms with Crippen LogP contribution in [-0.2, 0) is 5.92 Å². The first-order valence-corrected chi connectivity index (χ1v) is 5.06. The summed E-state index contributed by atoms with van der Waals surface area (Å²) in [6.07, 6.45) is -0.299. The Bertz CT molecular complexity index is 262. The van der Waals surface area contributed by atoms with Crippen LogP contribution in [0.1, 0.15) is 11.3 Å². The second kappa shape index (κ2) is 3.81. The van der Waals surface area contributed by atoms with Crippen LogP contribution in [0.2, 0.25) is 0 Å². The predicted octanol–water partition coefficient (Wildman–Crippen LogP) is 2.95. The molecule has 0 aliphatic rings. The van der Waals surface area contributed by atoms with Crippen molar-refractivity contribution in [2.45, 2.75) is 12.3 Å². The van der Waals surface area contributed by atoms with Crippen LogP contribution in [-0.4, -0.2) is 6.54 Å². The van der Waals surface area contributed by atoms with Crippen molar-refractivity contribution in [3.05, 3.63) is 20.8 Å². The SMILES string of the molecule is NCCC(F)(F)c1sccc1Br. The largest absolute Gasteiger partial charge is 0.330 e. The fourth-order valence-corrected chi connectivity index (χ4v) is 2.52. The van der Waals surface area contributed by atoms with Crippen molar-refractivity contribution < 1.29 is 8.78 Å². The summed E-state index contributed by atoms with van der Waals surface area (Å²) in [4.78, 5) is 0.0629. The Hall–Kier alpha value is -0.000000000000000111. The molecule has 0 saturated carbocycles. The minimum atomic E-state index is -2.79. The van der Waals surface area contributed by atoms with Crippen LogP contribution in [0.15, 0.2) is 15.9 Å². The van der Waals surface area contributed by atoms with E-state index in [2.05, 4.69) is 15.9 Å². The lowest BCUT2D eigenvalue weighted by molar-refractivity contribution is -0.00748. The zero-order chi connectivity index (χ0) is 9.19. The van der Waals surface area contributed by atoms with Gasteiger partial charge in [0.15, 0.2) is 0 Å². The van der Waals surface area contributed by atoms with Crippen molar-refractivity contribution in [2.24, 2.45) is 5.73 Å². The smallest absolute Gasteiger partial charge is 0.284 e. The molecule has 1 rings (SSSR count). The summed E-state index contributed by atoms with van der Waals surface area (Å²) in [7, 11) is 0. The van der Waals surface area contributed by atoms with Crippen LogP contribution in [0, 0.1) is 0 Å². The molecule has 0 fully saturated rings. The standard InChI is InChI=1S/C7H8BrF2NS/c8-5-1-4-12-6(5)7(9,10)2-3-11/h1,4H,2-3,11H2. The van der Waals surface area contributed by atoms with Crippen molar-refractivity contribution in [3.8, 4) is 0 Å². The van der Waals surface area contributed by atoms with E-state index in [0.717, 1.165) is 11.3 Å². The first kappa shape index (κ1) is 10.1. The van der Waals surface area contributed by atoms with E-state index in [1.807, 2.05) is 0 Å². The summed E-state index contributed by atoms with van der Waals surface area (Å²) in [5.74, 6) is -2.79. The summed E-state index contributed by atoms with van der Waals surface area (Å²) >= 11 is 4.11. The summed E-state index contributed by atoms with van der Waals surface area (Å²) in [6.45, 7) is -0.00264. The van der Waals surface area contributed by atoms with Crippen LogP contribution in [0.25, 0.3) is 0 Å². The molecular weight excluding hydrogens is 248 g/mol. The minimum absolute atomic E-state index is 0.00264. The average molecular weight is 256 g/mol. The molecule has 0 aliphatic carbocycles. The van der Waals surface area contributed by atoms with E-state index in [1.165, 1.54) is 0 Å². The van der Waals surface area contributed by atoms with E-state index < -0.39 is 5.92 Å². The molecule has 0 unspecified atom stereocenters. The maximum absolute atomic E-state index is 13.2. The third kappa shape index (κ3) is 2.02. The quantitative estimate of drug-likeness (QED) is 0.884. The van der Waals surface area contributed by atoms with Crippen LogP contribution >= 0.6 is 27.3 Å². The zero-order valence-corrected chi connectivity index (χ0v) is 8.59. The lowest BCUT2D eigenvalue weighted by atomic mass is 10.2. The predicted molar refractivity (Wildman–Crippen MR) is 49.6 cm³/mol. The second-order valence-corrected chi connectivity index (χ2v) is 4.11. The molecule has 0 saturated heterocycles. The molecule has 1 nitrogen and oxygen atoms in total. The minimum Gasteiger partial charge on any atom is -0.330 e. The summed E-state index contributed by atoms with van der Waals surface area (Å²) in [5.41, 5.74) is 5.08. The molecule has 0 spiro atoms. The number of alkyl halides is 2. The number of hydrogen-bond acceptors (Lipinski definition) is 2. The maximum atomic E-state index is 13.2. The molecule has 5 heteroatoms. The Morgan fingerprint density at radius 1 is 1.58 bits per heavy atom. The van der Waals surface area contributed by atoms with Gasteiger partial charge in [-0.05, 0) is 33.9 Å². The Morgan fingerprint density at radius 3 is 2.67 bits per heavy atom. The zero-order valence-electron chi connectivity index (χ0n) is 6.19. The van der Waals surface area contributed by atoms with E-state index in [4.69, 9.17) is 5.73 Å². The Morgan fingerprint density at radius 2 is 2.25 bits per heavy atom. The van der Waals surface area contributed by atoms with Crippen molar-refractivity contribution in [2.75, 3.05) is 6.54 Å². The van der Waals surface area contributed by atoms with Crippen LogP contribution in [0.4, 0.5) is 8.78 Å². The highest BCUT2D eigenvalue weighted by Gasteiger charge is 2.33. The molecule has 1 heterocycles. The Labute approximate surface area is 81.7 Å². The number of thiophene rings is 1. The van der Waals surface area contributed by atoms with Gasteiger partial charge in [-0.3, -0.25) is 0 Å². The molecule has 1 aromatic heterocycles. The molecule has 68 valence electrons. The molecule has 0 amide bonds. The van der Waals surface area contributed by atoms with Crippen molar-refractivity contribution in [1.29, 1.82) is 0 Å². The van der Waals surface area contributed by atoms with Gasteiger partial charge in [0.25, 0.3) is 5.92 Å². The summed E-state index contributed by atoms with van der Waals surface area (Å²) in [5, 5.41) is 1.63. The first-order chi connectivity index (χ1) is 5.58. The molecule has 2 N–H and O–H groups in total. The number of rotatable bonds is 3. The molecular formula is C7H8BrF2NS. The maximum Gasteiger partial charge on any atom is 0.284 e. The van der Waals surface area contributed by atoms with Crippen molar-refractivity contribution in [3.63, 3.8) is 0 Å². The fraction of sp³-hybridized carbons (Fsp3) is 0.429. The Kier molecular flexibility index (Phi) is 3.20. The monoisotopic (exact) mass is 255 g/mol. The van der Waals surface area contributed by atoms with Gasteiger partial charge in [0.2, 0.25) is 0 Å². The summed E-state index contributed by atoms with van der Waals surface area (Å²) < 4.78 is 26.8. The molecule has 0 aliphatic heterocycles. The highest BCUT2D eigenvalue weighted by Crippen LogP contribution is 2.39. The van der Waals surface area contributed by atoms with Gasteiger partial charge >= 0.3 is 0 Å². The first-order valence-electron chi connectivity index (χ1n) is 3.39. The van der Waals surface area contributed by atoms with E-state index >= 15 is 0 Å². The lowest BCUT2D eigenvalue weighted by Crippen LogP contribution is -2.17. The molecule has 0 atom stereocenters. The van der Waals surface area contributed by atoms with Gasteiger partial charge in [0.05, 0.1) is 4.88 Å². The number of hydrogen-bond donors (Lipinski definition) is 1. The van der Waals surface area contributed by atoms with E-state index in [-0.39, 0.29) is 17.8 Å². The lowest BCUT2D eigenvalue weighted by Gasteiger charge is -2.13.